The Bertz CT molecular complexity index is 336. The van der Waals surface area contributed by atoms with Gasteiger partial charge in [-0.1, -0.05) is 13.8 Å². The molecule has 5 heteroatoms. The van der Waals surface area contributed by atoms with Crippen LogP contribution in [0.3, 0.4) is 0 Å². The highest BCUT2D eigenvalue weighted by atomic mass is 16.6. The average molecular weight is 270 g/mol. The summed E-state index contributed by atoms with van der Waals surface area (Å²) < 4.78 is 5.32. The molecule has 1 rings (SSSR count). The van der Waals surface area contributed by atoms with E-state index in [1.54, 1.807) is 4.90 Å². The summed E-state index contributed by atoms with van der Waals surface area (Å²) in [6.07, 6.45) is 1.32. The van der Waals surface area contributed by atoms with Crippen molar-refractivity contribution in [3.05, 3.63) is 0 Å². The lowest BCUT2D eigenvalue weighted by atomic mass is 10.1. The number of hydrogen-bond acceptors (Lipinski definition) is 3. The van der Waals surface area contributed by atoms with Crippen molar-refractivity contribution >= 4 is 12.0 Å². The van der Waals surface area contributed by atoms with E-state index in [9.17, 15) is 9.59 Å². The van der Waals surface area contributed by atoms with Crippen LogP contribution in [0.1, 0.15) is 47.5 Å². The quantitative estimate of drug-likeness (QED) is 0.855. The summed E-state index contributed by atoms with van der Waals surface area (Å²) in [4.78, 5) is 25.3. The summed E-state index contributed by atoms with van der Waals surface area (Å²) in [5.74, 6) is 0.0918. The largest absolute Gasteiger partial charge is 0.444 e. The second-order valence-electron chi connectivity index (χ2n) is 6.23. The van der Waals surface area contributed by atoms with Crippen LogP contribution < -0.4 is 5.32 Å². The maximum atomic E-state index is 11.9. The molecule has 0 spiro atoms. The van der Waals surface area contributed by atoms with Crippen molar-refractivity contribution in [2.45, 2.75) is 59.1 Å². The molecule has 1 heterocycles. The normalized spacial score (nSPS) is 21.1. The molecular weight excluding hydrogens is 244 g/mol. The highest BCUT2D eigenvalue weighted by molar-refractivity contribution is 5.78. The molecule has 0 bridgehead atoms. The van der Waals surface area contributed by atoms with Crippen LogP contribution >= 0.6 is 0 Å². The average Bonchev–Trinajstić information content (AvgIpc) is 2.74. The van der Waals surface area contributed by atoms with Gasteiger partial charge in [0.1, 0.15) is 5.60 Å². The Morgan fingerprint density at radius 1 is 1.42 bits per heavy atom. The van der Waals surface area contributed by atoms with Crippen LogP contribution in [0, 0.1) is 5.92 Å². The minimum absolute atomic E-state index is 0.0237. The number of likely N-dealkylation sites (tertiary alicyclic amines) is 1. The Labute approximate surface area is 115 Å². The van der Waals surface area contributed by atoms with Gasteiger partial charge in [-0.25, -0.2) is 4.79 Å². The van der Waals surface area contributed by atoms with Crippen molar-refractivity contribution in [3.63, 3.8) is 0 Å². The molecular formula is C14H26N2O3. The van der Waals surface area contributed by atoms with E-state index in [0.29, 0.717) is 13.1 Å². The van der Waals surface area contributed by atoms with E-state index in [1.807, 2.05) is 34.6 Å². The van der Waals surface area contributed by atoms with Gasteiger partial charge in [-0.2, -0.15) is 0 Å². The highest BCUT2D eigenvalue weighted by Gasteiger charge is 2.30. The molecule has 2 atom stereocenters. The van der Waals surface area contributed by atoms with Gasteiger partial charge in [0.2, 0.25) is 5.91 Å². The van der Waals surface area contributed by atoms with E-state index in [1.165, 1.54) is 0 Å². The molecule has 110 valence electrons. The molecule has 0 aromatic rings. The van der Waals surface area contributed by atoms with E-state index in [-0.39, 0.29) is 24.0 Å². The van der Waals surface area contributed by atoms with Gasteiger partial charge in [-0.05, 0) is 33.6 Å². The lowest BCUT2D eigenvalue weighted by Crippen LogP contribution is -2.41. The molecule has 1 aliphatic rings. The molecule has 0 saturated carbocycles. The summed E-state index contributed by atoms with van der Waals surface area (Å²) >= 11 is 0. The van der Waals surface area contributed by atoms with Crippen molar-refractivity contribution in [2.75, 3.05) is 13.1 Å². The fourth-order valence-electron chi connectivity index (χ4n) is 1.90. The Balaban J connectivity index is 2.41. The smallest absolute Gasteiger partial charge is 0.410 e. The second kappa shape index (κ2) is 6.26. The first-order valence-corrected chi connectivity index (χ1v) is 7.01. The fourth-order valence-corrected chi connectivity index (χ4v) is 1.90. The molecule has 1 saturated heterocycles. The van der Waals surface area contributed by atoms with Gasteiger partial charge in [0.25, 0.3) is 0 Å². The zero-order valence-electron chi connectivity index (χ0n) is 12.7. The van der Waals surface area contributed by atoms with Gasteiger partial charge >= 0.3 is 6.09 Å². The van der Waals surface area contributed by atoms with E-state index in [0.717, 1.165) is 12.8 Å². The Morgan fingerprint density at radius 3 is 2.58 bits per heavy atom. The molecule has 2 amide bonds. The molecule has 0 aliphatic carbocycles. The number of rotatable bonds is 3. The number of nitrogens with one attached hydrogen (secondary N) is 1. The van der Waals surface area contributed by atoms with E-state index in [2.05, 4.69) is 5.32 Å². The first-order valence-electron chi connectivity index (χ1n) is 7.01. The van der Waals surface area contributed by atoms with Crippen LogP contribution in [-0.2, 0) is 9.53 Å². The zero-order valence-corrected chi connectivity index (χ0v) is 12.7. The zero-order chi connectivity index (χ0) is 14.6. The molecule has 0 radical (unpaired) electrons. The van der Waals surface area contributed by atoms with Crippen LogP contribution in [-0.4, -0.2) is 41.6 Å². The summed E-state index contributed by atoms with van der Waals surface area (Å²) in [6, 6.07) is 0.0500. The highest BCUT2D eigenvalue weighted by Crippen LogP contribution is 2.15. The lowest BCUT2D eigenvalue weighted by Gasteiger charge is -2.24. The predicted molar refractivity (Wildman–Crippen MR) is 73.8 cm³/mol. The van der Waals surface area contributed by atoms with Crippen molar-refractivity contribution in [2.24, 2.45) is 5.92 Å². The standard InChI is InChI=1S/C14H26N2O3/c1-6-10(2)12(17)15-11-7-8-16(9-11)13(18)19-14(3,4)5/h10-11H,6-9H2,1-5H3,(H,15,17)/t10?,11-/m0/s1. The lowest BCUT2D eigenvalue weighted by molar-refractivity contribution is -0.125. The number of amides is 2. The second-order valence-corrected chi connectivity index (χ2v) is 6.23. The summed E-state index contributed by atoms with van der Waals surface area (Å²) in [7, 11) is 0. The van der Waals surface area contributed by atoms with Crippen LogP contribution in [0.5, 0.6) is 0 Å². The van der Waals surface area contributed by atoms with Crippen LogP contribution in [0.15, 0.2) is 0 Å². The monoisotopic (exact) mass is 270 g/mol. The Morgan fingerprint density at radius 2 is 2.05 bits per heavy atom. The van der Waals surface area contributed by atoms with E-state index < -0.39 is 5.60 Å². The van der Waals surface area contributed by atoms with Crippen LogP contribution in [0.4, 0.5) is 4.79 Å². The van der Waals surface area contributed by atoms with E-state index in [4.69, 9.17) is 4.74 Å². The molecule has 1 aliphatic heterocycles. The third-order valence-electron chi connectivity index (χ3n) is 3.25. The molecule has 1 unspecified atom stereocenters. The topological polar surface area (TPSA) is 58.6 Å². The minimum atomic E-state index is -0.477. The number of ether oxygens (including phenoxy) is 1. The van der Waals surface area contributed by atoms with Crippen molar-refractivity contribution < 1.29 is 14.3 Å². The number of carbonyl (C=O) groups excluding carboxylic acids is 2. The molecule has 0 aromatic heterocycles. The Kier molecular flexibility index (Phi) is 5.20. The minimum Gasteiger partial charge on any atom is -0.444 e. The van der Waals surface area contributed by atoms with Crippen molar-refractivity contribution in [1.82, 2.24) is 10.2 Å². The third kappa shape index (κ3) is 5.09. The summed E-state index contributed by atoms with van der Waals surface area (Å²) in [5.41, 5.74) is -0.477. The SMILES string of the molecule is CCC(C)C(=O)N[C@H]1CCN(C(=O)OC(C)(C)C)C1. The fraction of sp³-hybridized carbons (Fsp3) is 0.857. The molecule has 1 N–H and O–H groups in total. The number of nitrogens with zero attached hydrogens (tertiary/aromatic N) is 1. The van der Waals surface area contributed by atoms with Gasteiger partial charge in [0.15, 0.2) is 0 Å². The maximum absolute atomic E-state index is 11.9. The van der Waals surface area contributed by atoms with E-state index >= 15 is 0 Å². The van der Waals surface area contributed by atoms with Gasteiger partial charge in [0, 0.05) is 25.0 Å². The van der Waals surface area contributed by atoms with Gasteiger partial charge in [-0.3, -0.25) is 4.79 Å². The van der Waals surface area contributed by atoms with Gasteiger partial charge in [-0.15, -0.1) is 0 Å². The first kappa shape index (κ1) is 15.8. The predicted octanol–water partition coefficient (Wildman–Crippen LogP) is 2.16. The van der Waals surface area contributed by atoms with Crippen molar-refractivity contribution in [1.29, 1.82) is 0 Å². The van der Waals surface area contributed by atoms with Crippen LogP contribution in [0.25, 0.3) is 0 Å². The molecule has 0 aromatic carbocycles. The van der Waals surface area contributed by atoms with Gasteiger partial charge in [0.05, 0.1) is 0 Å². The first-order chi connectivity index (χ1) is 8.73. The Hall–Kier alpha value is -1.26. The molecule has 19 heavy (non-hydrogen) atoms. The van der Waals surface area contributed by atoms with Crippen LogP contribution in [0.2, 0.25) is 0 Å². The summed E-state index contributed by atoms with van der Waals surface area (Å²) in [5, 5.41) is 2.99. The number of hydrogen-bond donors (Lipinski definition) is 1. The summed E-state index contributed by atoms with van der Waals surface area (Å²) in [6.45, 7) is 10.6. The number of carbonyl (C=O) groups is 2. The molecule has 1 fully saturated rings. The van der Waals surface area contributed by atoms with Gasteiger partial charge < -0.3 is 15.0 Å². The maximum Gasteiger partial charge on any atom is 0.410 e. The molecule has 5 nitrogen and oxygen atoms in total. The van der Waals surface area contributed by atoms with Crippen molar-refractivity contribution in [3.8, 4) is 0 Å². The third-order valence-corrected chi connectivity index (χ3v) is 3.25.